The van der Waals surface area contributed by atoms with Crippen LogP contribution in [-0.4, -0.2) is 61.0 Å². The van der Waals surface area contributed by atoms with Gasteiger partial charge in [0.15, 0.2) is 5.82 Å². The molecule has 2 fully saturated rings. The van der Waals surface area contributed by atoms with E-state index in [9.17, 15) is 0 Å². The Balaban J connectivity index is 1.33. The maximum absolute atomic E-state index is 6.17. The molecule has 0 saturated carbocycles. The van der Waals surface area contributed by atoms with Crippen LogP contribution < -0.4 is 22.1 Å². The zero-order chi connectivity index (χ0) is 21.4. The van der Waals surface area contributed by atoms with Gasteiger partial charge in [0, 0.05) is 37.9 Å². The average Bonchev–Trinajstić information content (AvgIpc) is 3.46. The molecular weight excluding hydrogens is 392 g/mol. The third kappa shape index (κ3) is 4.18. The van der Waals surface area contributed by atoms with Gasteiger partial charge in [-0.3, -0.25) is 14.6 Å². The number of anilines is 2. The zero-order valence-corrected chi connectivity index (χ0v) is 17.8. The minimum absolute atomic E-state index is 0.201. The molecule has 3 aromatic heterocycles. The number of fused-ring (bicyclic) bond motifs is 3. The lowest BCUT2D eigenvalue weighted by molar-refractivity contribution is 0.217. The topological polar surface area (TPSA) is 136 Å². The molecule has 5 rings (SSSR count). The van der Waals surface area contributed by atoms with Gasteiger partial charge in [-0.2, -0.15) is 10.1 Å². The van der Waals surface area contributed by atoms with Gasteiger partial charge in [0.2, 0.25) is 5.95 Å². The SMILES string of the molecule is CCCC(N)Nc1nc(N)nc2cnn(Cc3ccc(CN4CC5CC4CN5)cn3)c12. The van der Waals surface area contributed by atoms with Gasteiger partial charge in [0.25, 0.3) is 0 Å². The molecule has 10 nitrogen and oxygen atoms in total. The quantitative estimate of drug-likeness (QED) is 0.390. The van der Waals surface area contributed by atoms with Crippen LogP contribution in [0.4, 0.5) is 11.8 Å². The summed E-state index contributed by atoms with van der Waals surface area (Å²) >= 11 is 0. The number of piperazine rings is 1. The summed E-state index contributed by atoms with van der Waals surface area (Å²) in [7, 11) is 0. The molecule has 2 aliphatic heterocycles. The van der Waals surface area contributed by atoms with Crippen LogP contribution in [0.15, 0.2) is 24.5 Å². The summed E-state index contributed by atoms with van der Waals surface area (Å²) in [4.78, 5) is 15.9. The maximum Gasteiger partial charge on any atom is 0.222 e. The smallest absolute Gasteiger partial charge is 0.222 e. The minimum Gasteiger partial charge on any atom is -0.368 e. The lowest BCUT2D eigenvalue weighted by atomic mass is 10.2. The molecule has 0 aromatic carbocycles. The van der Waals surface area contributed by atoms with E-state index in [4.69, 9.17) is 11.5 Å². The minimum atomic E-state index is -0.209. The van der Waals surface area contributed by atoms with Crippen molar-refractivity contribution in [3.8, 4) is 0 Å². The second-order valence-electron chi connectivity index (χ2n) is 8.59. The van der Waals surface area contributed by atoms with Gasteiger partial charge < -0.3 is 22.1 Å². The molecule has 10 heteroatoms. The molecule has 31 heavy (non-hydrogen) atoms. The Kier molecular flexibility index (Phi) is 5.43. The summed E-state index contributed by atoms with van der Waals surface area (Å²) in [5.41, 5.74) is 15.7. The molecule has 3 unspecified atom stereocenters. The molecule has 3 atom stereocenters. The highest BCUT2D eigenvalue weighted by Crippen LogP contribution is 2.25. The Labute approximate surface area is 181 Å². The van der Waals surface area contributed by atoms with Crippen molar-refractivity contribution in [2.24, 2.45) is 5.73 Å². The summed E-state index contributed by atoms with van der Waals surface area (Å²) in [6.07, 6.45) is 6.54. The molecule has 0 spiro atoms. The van der Waals surface area contributed by atoms with Gasteiger partial charge in [-0.05, 0) is 24.5 Å². The van der Waals surface area contributed by atoms with Crippen LogP contribution in [0.3, 0.4) is 0 Å². The van der Waals surface area contributed by atoms with Crippen molar-refractivity contribution in [2.75, 3.05) is 24.1 Å². The number of hydrogen-bond donors (Lipinski definition) is 4. The fraction of sp³-hybridized carbons (Fsp3) is 0.524. The number of nitrogen functional groups attached to an aromatic ring is 1. The predicted molar refractivity (Wildman–Crippen MR) is 120 cm³/mol. The van der Waals surface area contributed by atoms with Gasteiger partial charge in [-0.25, -0.2) is 4.98 Å². The van der Waals surface area contributed by atoms with E-state index >= 15 is 0 Å². The van der Waals surface area contributed by atoms with E-state index in [1.54, 1.807) is 6.20 Å². The van der Waals surface area contributed by atoms with Crippen molar-refractivity contribution in [2.45, 2.75) is 57.5 Å². The summed E-state index contributed by atoms with van der Waals surface area (Å²) < 4.78 is 1.85. The fourth-order valence-corrected chi connectivity index (χ4v) is 4.67. The summed E-state index contributed by atoms with van der Waals surface area (Å²) in [6, 6.07) is 5.56. The first-order valence-corrected chi connectivity index (χ1v) is 11.0. The molecule has 0 aliphatic carbocycles. The highest BCUT2D eigenvalue weighted by molar-refractivity contribution is 5.86. The third-order valence-electron chi connectivity index (χ3n) is 6.18. The van der Waals surface area contributed by atoms with Crippen molar-refractivity contribution in [3.63, 3.8) is 0 Å². The number of aromatic nitrogens is 5. The third-order valence-corrected chi connectivity index (χ3v) is 6.18. The number of nitrogens with one attached hydrogen (secondary N) is 2. The van der Waals surface area contributed by atoms with Crippen LogP contribution in [0, 0.1) is 0 Å². The lowest BCUT2D eigenvalue weighted by Crippen LogP contribution is -2.42. The van der Waals surface area contributed by atoms with Gasteiger partial charge in [-0.15, -0.1) is 0 Å². The second kappa shape index (κ2) is 8.37. The van der Waals surface area contributed by atoms with E-state index in [1.807, 2.05) is 10.9 Å². The number of nitrogens with two attached hydrogens (primary N) is 2. The highest BCUT2D eigenvalue weighted by Gasteiger charge is 2.37. The first kappa shape index (κ1) is 20.1. The van der Waals surface area contributed by atoms with Crippen molar-refractivity contribution < 1.29 is 0 Å². The van der Waals surface area contributed by atoms with Crippen LogP contribution >= 0.6 is 0 Å². The zero-order valence-electron chi connectivity index (χ0n) is 17.8. The van der Waals surface area contributed by atoms with Crippen LogP contribution in [0.5, 0.6) is 0 Å². The number of hydrogen-bond acceptors (Lipinski definition) is 9. The van der Waals surface area contributed by atoms with Crippen molar-refractivity contribution >= 4 is 22.8 Å². The van der Waals surface area contributed by atoms with Gasteiger partial charge in [0.1, 0.15) is 11.0 Å². The van der Waals surface area contributed by atoms with Crippen molar-refractivity contribution in [1.82, 2.24) is 34.9 Å². The van der Waals surface area contributed by atoms with Crippen LogP contribution in [-0.2, 0) is 13.1 Å². The second-order valence-corrected chi connectivity index (χ2v) is 8.59. The van der Waals surface area contributed by atoms with Gasteiger partial charge in [0.05, 0.1) is 24.6 Å². The van der Waals surface area contributed by atoms with E-state index in [0.29, 0.717) is 30.0 Å². The molecule has 2 bridgehead atoms. The van der Waals surface area contributed by atoms with E-state index in [2.05, 4.69) is 54.6 Å². The van der Waals surface area contributed by atoms with E-state index in [-0.39, 0.29) is 12.1 Å². The van der Waals surface area contributed by atoms with E-state index < -0.39 is 0 Å². The predicted octanol–water partition coefficient (Wildman–Crippen LogP) is 0.895. The number of nitrogens with zero attached hydrogens (tertiary/aromatic N) is 6. The standard InChI is InChI=1S/C21H30N10/c1-2-3-18(22)28-20-19-17(27-21(23)29-20)9-26-31(19)12-14-5-4-13(7-24-14)10-30-11-15-6-16(30)8-25-15/h4-5,7,9,15-16,18,25H,2-3,6,8,10-12,22H2,1H3,(H3,23,27,28,29). The summed E-state index contributed by atoms with van der Waals surface area (Å²) in [5, 5.41) is 11.3. The van der Waals surface area contributed by atoms with Gasteiger partial charge >= 0.3 is 0 Å². The Bertz CT molecular complexity index is 1050. The number of rotatable bonds is 8. The molecule has 2 aliphatic rings. The average molecular weight is 423 g/mol. The molecular formula is C21H30N10. The number of pyridine rings is 1. The number of likely N-dealkylation sites (tertiary alicyclic amines) is 1. The Morgan fingerprint density at radius 3 is 2.87 bits per heavy atom. The molecule has 2 saturated heterocycles. The lowest BCUT2D eigenvalue weighted by Gasteiger charge is -2.27. The molecule has 0 amide bonds. The monoisotopic (exact) mass is 422 g/mol. The fourth-order valence-electron chi connectivity index (χ4n) is 4.67. The summed E-state index contributed by atoms with van der Waals surface area (Å²) in [5.74, 6) is 0.807. The van der Waals surface area contributed by atoms with Gasteiger partial charge in [-0.1, -0.05) is 19.4 Å². The molecule has 3 aromatic rings. The highest BCUT2D eigenvalue weighted by atomic mass is 15.3. The maximum atomic E-state index is 6.17. The van der Waals surface area contributed by atoms with Crippen molar-refractivity contribution in [1.29, 1.82) is 0 Å². The summed E-state index contributed by atoms with van der Waals surface area (Å²) in [6.45, 7) is 5.80. The van der Waals surface area contributed by atoms with E-state index in [1.165, 1.54) is 12.0 Å². The first-order valence-electron chi connectivity index (χ1n) is 11.0. The molecule has 6 N–H and O–H groups in total. The molecule has 0 radical (unpaired) electrons. The largest absolute Gasteiger partial charge is 0.368 e. The molecule has 164 valence electrons. The normalized spacial score (nSPS) is 21.7. The Morgan fingerprint density at radius 1 is 1.26 bits per heavy atom. The molecule has 5 heterocycles. The van der Waals surface area contributed by atoms with Crippen molar-refractivity contribution in [3.05, 3.63) is 35.8 Å². The van der Waals surface area contributed by atoms with E-state index in [0.717, 1.165) is 43.7 Å². The van der Waals surface area contributed by atoms with Crippen LogP contribution in [0.2, 0.25) is 0 Å². The van der Waals surface area contributed by atoms with Crippen LogP contribution in [0.1, 0.15) is 37.4 Å². The Hall–Kier alpha value is -2.82. The van der Waals surface area contributed by atoms with Crippen LogP contribution in [0.25, 0.3) is 11.0 Å². The first-order chi connectivity index (χ1) is 15.1. The Morgan fingerprint density at radius 2 is 2.16 bits per heavy atom.